The molecule has 0 spiro atoms. The first-order chi connectivity index (χ1) is 9.99. The van der Waals surface area contributed by atoms with Gasteiger partial charge in [0, 0.05) is 17.0 Å². The molecule has 0 amide bonds. The van der Waals surface area contributed by atoms with E-state index in [1.54, 1.807) is 7.11 Å². The van der Waals surface area contributed by atoms with Crippen LogP contribution >= 0.6 is 11.6 Å². The fraction of sp³-hybridized carbons (Fsp3) is 0.647. The zero-order chi connectivity index (χ0) is 15.6. The van der Waals surface area contributed by atoms with E-state index in [4.69, 9.17) is 21.1 Å². The maximum Gasteiger partial charge on any atom is 0.120 e. The molecule has 5 unspecified atom stereocenters. The predicted molar refractivity (Wildman–Crippen MR) is 87.1 cm³/mol. The van der Waals surface area contributed by atoms with Gasteiger partial charge in [0.25, 0.3) is 0 Å². The van der Waals surface area contributed by atoms with Crippen LogP contribution in [0.3, 0.4) is 0 Å². The summed E-state index contributed by atoms with van der Waals surface area (Å²) < 4.78 is 11.3. The lowest BCUT2D eigenvalue weighted by atomic mass is 9.80. The average molecular weight is 312 g/mol. The molecular weight excluding hydrogens is 286 g/mol. The maximum atomic E-state index is 6.49. The third kappa shape index (κ3) is 3.36. The molecule has 1 fully saturated rings. The van der Waals surface area contributed by atoms with Crippen LogP contribution in [0.25, 0.3) is 0 Å². The Morgan fingerprint density at radius 1 is 1.29 bits per heavy atom. The van der Waals surface area contributed by atoms with E-state index in [0.29, 0.717) is 11.8 Å². The number of halogens is 1. The first-order valence-corrected chi connectivity index (χ1v) is 8.09. The van der Waals surface area contributed by atoms with Gasteiger partial charge in [-0.3, -0.25) is 0 Å². The van der Waals surface area contributed by atoms with Crippen molar-refractivity contribution in [2.45, 2.75) is 45.9 Å². The molecular formula is C17H26ClNO2. The fourth-order valence-electron chi connectivity index (χ4n) is 3.43. The summed E-state index contributed by atoms with van der Waals surface area (Å²) in [4.78, 5) is 0. The highest BCUT2D eigenvalue weighted by Crippen LogP contribution is 2.42. The Labute approximate surface area is 133 Å². The molecule has 0 radical (unpaired) electrons. The van der Waals surface area contributed by atoms with Gasteiger partial charge in [0.05, 0.1) is 19.3 Å². The first-order valence-electron chi connectivity index (χ1n) is 7.71. The highest BCUT2D eigenvalue weighted by atomic mass is 35.5. The molecule has 1 aromatic carbocycles. The summed E-state index contributed by atoms with van der Waals surface area (Å²) in [5, 5.41) is 4.34. The van der Waals surface area contributed by atoms with Crippen molar-refractivity contribution < 1.29 is 9.47 Å². The molecule has 2 rings (SSSR count). The van der Waals surface area contributed by atoms with Gasteiger partial charge >= 0.3 is 0 Å². The number of methoxy groups -OCH3 is 1. The summed E-state index contributed by atoms with van der Waals surface area (Å²) in [6.45, 7) is 9.60. The smallest absolute Gasteiger partial charge is 0.120 e. The molecule has 21 heavy (non-hydrogen) atoms. The number of rotatable bonds is 5. The molecule has 0 bridgehead atoms. The van der Waals surface area contributed by atoms with Gasteiger partial charge in [0.1, 0.15) is 5.75 Å². The zero-order valence-electron chi connectivity index (χ0n) is 13.5. The second kappa shape index (κ2) is 6.99. The van der Waals surface area contributed by atoms with Crippen molar-refractivity contribution in [3.63, 3.8) is 0 Å². The molecule has 1 heterocycles. The average Bonchev–Trinajstić information content (AvgIpc) is 2.70. The zero-order valence-corrected chi connectivity index (χ0v) is 14.3. The van der Waals surface area contributed by atoms with Crippen molar-refractivity contribution in [3.8, 4) is 5.75 Å². The Morgan fingerprint density at radius 3 is 2.48 bits per heavy atom. The van der Waals surface area contributed by atoms with E-state index >= 15 is 0 Å². The predicted octanol–water partition coefficient (Wildman–Crippen LogP) is 4.06. The summed E-state index contributed by atoms with van der Waals surface area (Å²) in [6.07, 6.45) is 0.500. The second-order valence-corrected chi connectivity index (χ2v) is 6.31. The van der Waals surface area contributed by atoms with Gasteiger partial charge < -0.3 is 14.8 Å². The van der Waals surface area contributed by atoms with E-state index in [0.717, 1.165) is 22.9 Å². The fourth-order valence-corrected chi connectivity index (χ4v) is 3.72. The summed E-state index contributed by atoms with van der Waals surface area (Å²) in [5.41, 5.74) is 1.13. The molecule has 1 aromatic rings. The van der Waals surface area contributed by atoms with E-state index in [1.165, 1.54) is 0 Å². The highest BCUT2D eigenvalue weighted by Gasteiger charge is 2.42. The van der Waals surface area contributed by atoms with Crippen molar-refractivity contribution >= 4 is 11.6 Å². The van der Waals surface area contributed by atoms with Gasteiger partial charge in [-0.1, -0.05) is 31.5 Å². The number of benzene rings is 1. The monoisotopic (exact) mass is 311 g/mol. The van der Waals surface area contributed by atoms with Crippen LogP contribution in [0.2, 0.25) is 5.02 Å². The van der Waals surface area contributed by atoms with Gasteiger partial charge in [-0.15, -0.1) is 0 Å². The Hall–Kier alpha value is -0.770. The summed E-state index contributed by atoms with van der Waals surface area (Å²) in [7, 11) is 1.66. The summed E-state index contributed by atoms with van der Waals surface area (Å²) >= 11 is 6.49. The number of ether oxygens (including phenoxy) is 2. The van der Waals surface area contributed by atoms with Gasteiger partial charge in [0.2, 0.25) is 0 Å². The molecule has 0 saturated carbocycles. The van der Waals surface area contributed by atoms with Gasteiger partial charge in [-0.2, -0.15) is 0 Å². The molecule has 1 N–H and O–H groups in total. The Morgan fingerprint density at radius 2 is 2.00 bits per heavy atom. The second-order valence-electron chi connectivity index (χ2n) is 5.91. The number of hydrogen-bond acceptors (Lipinski definition) is 3. The van der Waals surface area contributed by atoms with E-state index in [2.05, 4.69) is 39.1 Å². The lowest BCUT2D eigenvalue weighted by molar-refractivity contribution is 0.0476. The van der Waals surface area contributed by atoms with E-state index < -0.39 is 0 Å². The van der Waals surface area contributed by atoms with Crippen molar-refractivity contribution in [1.29, 1.82) is 0 Å². The van der Waals surface area contributed by atoms with Crippen LogP contribution in [0.4, 0.5) is 0 Å². The van der Waals surface area contributed by atoms with E-state index in [-0.39, 0.29) is 18.2 Å². The normalized spacial score (nSPS) is 30.4. The minimum absolute atomic E-state index is 0.198. The topological polar surface area (TPSA) is 30.5 Å². The Kier molecular flexibility index (Phi) is 5.53. The van der Waals surface area contributed by atoms with Crippen molar-refractivity contribution in [2.24, 2.45) is 11.8 Å². The molecule has 3 nitrogen and oxygen atoms in total. The molecule has 1 aliphatic heterocycles. The highest BCUT2D eigenvalue weighted by molar-refractivity contribution is 6.31. The van der Waals surface area contributed by atoms with Crippen LogP contribution in [0.1, 0.15) is 39.3 Å². The quantitative estimate of drug-likeness (QED) is 0.889. The van der Waals surface area contributed by atoms with Crippen LogP contribution in [-0.2, 0) is 4.74 Å². The molecule has 1 aliphatic rings. The third-order valence-corrected chi connectivity index (χ3v) is 5.00. The molecule has 5 atom stereocenters. The van der Waals surface area contributed by atoms with Crippen molar-refractivity contribution in [1.82, 2.24) is 5.32 Å². The molecule has 0 aromatic heterocycles. The molecule has 0 aliphatic carbocycles. The first kappa shape index (κ1) is 16.6. The lowest BCUT2D eigenvalue weighted by Gasteiger charge is -2.30. The van der Waals surface area contributed by atoms with Gasteiger partial charge in [-0.25, -0.2) is 0 Å². The van der Waals surface area contributed by atoms with E-state index in [9.17, 15) is 0 Å². The van der Waals surface area contributed by atoms with Gasteiger partial charge in [-0.05, 0) is 44.0 Å². The number of hydrogen-bond donors (Lipinski definition) is 1. The Balaban J connectivity index is 2.35. The maximum absolute atomic E-state index is 6.49. The molecule has 118 valence electrons. The molecule has 4 heteroatoms. The van der Waals surface area contributed by atoms with E-state index in [1.807, 2.05) is 12.1 Å². The SMILES string of the molecule is CCNC(c1ccc(OC)cc1Cl)C1C(C)OC(C)C1C. The summed E-state index contributed by atoms with van der Waals surface area (Å²) in [6, 6.07) is 6.12. The lowest BCUT2D eigenvalue weighted by Crippen LogP contribution is -2.35. The Bertz CT molecular complexity index is 480. The third-order valence-electron chi connectivity index (χ3n) is 4.67. The van der Waals surface area contributed by atoms with Crippen LogP contribution in [0.5, 0.6) is 5.75 Å². The summed E-state index contributed by atoms with van der Waals surface area (Å²) in [5.74, 6) is 1.68. The minimum Gasteiger partial charge on any atom is -0.497 e. The van der Waals surface area contributed by atoms with Crippen molar-refractivity contribution in [3.05, 3.63) is 28.8 Å². The van der Waals surface area contributed by atoms with Gasteiger partial charge in [0.15, 0.2) is 0 Å². The molecule has 1 saturated heterocycles. The standard InChI is InChI=1S/C17H26ClNO2/c1-6-19-17(16-10(2)11(3)21-12(16)4)14-8-7-13(20-5)9-15(14)18/h7-12,16-17,19H,6H2,1-5H3. The number of nitrogens with one attached hydrogen (secondary N) is 1. The largest absolute Gasteiger partial charge is 0.497 e. The van der Waals surface area contributed by atoms with Crippen LogP contribution in [0, 0.1) is 11.8 Å². The van der Waals surface area contributed by atoms with Crippen LogP contribution in [0.15, 0.2) is 18.2 Å². The van der Waals surface area contributed by atoms with Crippen LogP contribution in [-0.4, -0.2) is 25.9 Å². The van der Waals surface area contributed by atoms with Crippen molar-refractivity contribution in [2.75, 3.05) is 13.7 Å². The minimum atomic E-state index is 0.198. The van der Waals surface area contributed by atoms with Crippen LogP contribution < -0.4 is 10.1 Å².